The Hall–Kier alpha value is -3.91. The molecule has 0 N–H and O–H groups in total. The second-order valence-electron chi connectivity index (χ2n) is 10.6. The second kappa shape index (κ2) is 12.4. The lowest BCUT2D eigenvalue weighted by atomic mass is 9.99. The molecule has 0 radical (unpaired) electrons. The van der Waals surface area contributed by atoms with Crippen LogP contribution in [0.3, 0.4) is 0 Å². The number of hydrogen-bond donors (Lipinski definition) is 0. The Kier molecular flexibility index (Phi) is 8.02. The van der Waals surface area contributed by atoms with Crippen LogP contribution >= 0.6 is 16.3 Å². The van der Waals surface area contributed by atoms with Gasteiger partial charge in [0.25, 0.3) is 0 Å². The molecule has 1 aromatic heterocycles. The summed E-state index contributed by atoms with van der Waals surface area (Å²) in [5.74, 6) is 0. The van der Waals surface area contributed by atoms with E-state index in [1.165, 1.54) is 21.4 Å². The summed E-state index contributed by atoms with van der Waals surface area (Å²) in [6, 6.07) is 46.7. The van der Waals surface area contributed by atoms with Gasteiger partial charge in [-0.1, -0.05) is 128 Å². The molecule has 7 aromatic rings. The maximum Gasteiger partial charge on any atom is 0.309 e. The van der Waals surface area contributed by atoms with E-state index < -0.39 is 16.3 Å². The molecule has 43 heavy (non-hydrogen) atoms. The Labute approximate surface area is 253 Å². The zero-order valence-corrected chi connectivity index (χ0v) is 26.0. The maximum absolute atomic E-state index is 6.84. The van der Waals surface area contributed by atoms with Crippen LogP contribution in [0.5, 0.6) is 0 Å². The van der Waals surface area contributed by atoms with Gasteiger partial charge in [-0.25, -0.2) is 4.67 Å². The van der Waals surface area contributed by atoms with Gasteiger partial charge in [-0.3, -0.25) is 0 Å². The number of rotatable bonds is 8. The van der Waals surface area contributed by atoms with Crippen LogP contribution in [0.4, 0.5) is 0 Å². The standard InChI is InChI=1S/C37H33NO3P2/c1-3-29(26-39-42(30-16-6-4-7-17-30)31-18-8-5-9-19-31)38(2)43-40-34-24-22-27-14-10-12-20-32(27)36(34)37-33-21-13-11-15-28(33)23-25-35(37)41-43/h4-25,29H,3,26H2,1-2H3. The summed E-state index contributed by atoms with van der Waals surface area (Å²) in [6.45, 7) is 2.76. The minimum Gasteiger partial charge on any atom is -0.408 e. The zero-order chi connectivity index (χ0) is 29.2. The third kappa shape index (κ3) is 5.49. The lowest BCUT2D eigenvalue weighted by Gasteiger charge is -2.26. The zero-order valence-electron chi connectivity index (χ0n) is 24.3. The van der Waals surface area contributed by atoms with E-state index in [0.29, 0.717) is 6.61 Å². The molecule has 1 unspecified atom stereocenters. The first kappa shape index (κ1) is 27.9. The van der Waals surface area contributed by atoms with Gasteiger partial charge < -0.3 is 12.9 Å². The third-order valence-electron chi connectivity index (χ3n) is 8.02. The van der Waals surface area contributed by atoms with Gasteiger partial charge in [0.05, 0.1) is 14.8 Å². The van der Waals surface area contributed by atoms with Crippen molar-refractivity contribution >= 4 is 70.4 Å². The molecule has 6 heteroatoms. The smallest absolute Gasteiger partial charge is 0.309 e. The number of benzene rings is 6. The van der Waals surface area contributed by atoms with Crippen LogP contribution in [-0.4, -0.2) is 19.7 Å². The van der Waals surface area contributed by atoms with E-state index >= 15 is 0 Å². The summed E-state index contributed by atoms with van der Waals surface area (Å²) in [5, 5.41) is 9.26. The molecule has 0 saturated carbocycles. The summed E-state index contributed by atoms with van der Waals surface area (Å²) < 4.78 is 22.7. The third-order valence-corrected chi connectivity index (χ3v) is 11.5. The summed E-state index contributed by atoms with van der Waals surface area (Å²) in [5.41, 5.74) is 1.69. The SMILES string of the molecule is CCC(COP(c1ccccc1)c1ccccc1)N(C)p1oc2ccc3ccccc3c2c2c(ccc3ccccc32)o1. The molecule has 0 saturated heterocycles. The first-order chi connectivity index (χ1) is 21.2. The van der Waals surface area contributed by atoms with Crippen molar-refractivity contribution in [1.29, 1.82) is 0 Å². The van der Waals surface area contributed by atoms with Gasteiger partial charge in [-0.15, -0.1) is 0 Å². The van der Waals surface area contributed by atoms with Crippen LogP contribution in [-0.2, 0) is 4.52 Å². The Balaban J connectivity index is 1.33. The molecule has 7 rings (SSSR count). The monoisotopic (exact) mass is 601 g/mol. The van der Waals surface area contributed by atoms with E-state index in [-0.39, 0.29) is 6.04 Å². The normalized spacial score (nSPS) is 12.6. The van der Waals surface area contributed by atoms with Gasteiger partial charge >= 0.3 is 8.16 Å². The van der Waals surface area contributed by atoms with E-state index in [4.69, 9.17) is 12.9 Å². The molecule has 0 aliphatic carbocycles. The van der Waals surface area contributed by atoms with E-state index in [1.54, 1.807) is 0 Å². The van der Waals surface area contributed by atoms with Gasteiger partial charge in [0.1, 0.15) is 11.2 Å². The lowest BCUT2D eigenvalue weighted by molar-refractivity contribution is 0.318. The first-order valence-corrected chi connectivity index (χ1v) is 17.1. The van der Waals surface area contributed by atoms with Crippen LogP contribution in [0.25, 0.3) is 43.5 Å². The van der Waals surface area contributed by atoms with E-state index in [2.05, 4.69) is 152 Å². The van der Waals surface area contributed by atoms with Crippen molar-refractivity contribution < 1.29 is 12.9 Å². The van der Waals surface area contributed by atoms with Gasteiger partial charge in [-0.05, 0) is 40.1 Å². The largest absolute Gasteiger partial charge is 0.408 e. The number of hydrogen-bond acceptors (Lipinski definition) is 4. The summed E-state index contributed by atoms with van der Waals surface area (Å²) in [4.78, 5) is 0. The highest BCUT2D eigenvalue weighted by molar-refractivity contribution is 7.68. The average Bonchev–Trinajstić information content (AvgIpc) is 3.25. The van der Waals surface area contributed by atoms with Gasteiger partial charge in [0, 0.05) is 34.5 Å². The van der Waals surface area contributed by atoms with Crippen LogP contribution < -0.4 is 15.3 Å². The molecule has 1 heterocycles. The second-order valence-corrected chi connectivity index (χ2v) is 14.0. The minimum absolute atomic E-state index is 0.0921. The van der Waals surface area contributed by atoms with Crippen molar-refractivity contribution in [3.8, 4) is 0 Å². The minimum atomic E-state index is -1.47. The highest BCUT2D eigenvalue weighted by atomic mass is 31.1. The summed E-state index contributed by atoms with van der Waals surface area (Å²) >= 11 is 0. The quantitative estimate of drug-likeness (QED) is 0.163. The molecule has 0 fully saturated rings. The van der Waals surface area contributed by atoms with Crippen molar-refractivity contribution in [2.75, 3.05) is 18.3 Å². The van der Waals surface area contributed by atoms with Crippen LogP contribution in [0.2, 0.25) is 0 Å². The molecule has 214 valence electrons. The summed E-state index contributed by atoms with van der Waals surface area (Å²) in [7, 11) is -0.329. The lowest BCUT2D eigenvalue weighted by Crippen LogP contribution is -2.33. The maximum atomic E-state index is 6.84. The highest BCUT2D eigenvalue weighted by Crippen LogP contribution is 2.43. The molecule has 0 aliphatic rings. The molecule has 0 amide bonds. The van der Waals surface area contributed by atoms with Crippen molar-refractivity contribution in [2.24, 2.45) is 0 Å². The molecular formula is C37H33NO3P2. The number of fused-ring (bicyclic) bond motifs is 7. The van der Waals surface area contributed by atoms with E-state index in [1.807, 2.05) is 0 Å². The Morgan fingerprint density at radius 2 is 1.09 bits per heavy atom. The predicted molar refractivity (Wildman–Crippen MR) is 185 cm³/mol. The molecule has 6 aromatic carbocycles. The van der Waals surface area contributed by atoms with Gasteiger partial charge in [0.15, 0.2) is 0 Å². The fraction of sp³-hybridized carbons (Fsp3) is 0.135. The topological polar surface area (TPSA) is 38.8 Å². The number of nitrogens with zero attached hydrogens (tertiary/aromatic N) is 1. The molecule has 0 bridgehead atoms. The number of likely N-dealkylation sites (N-methyl/N-ethyl adjacent to an activating group) is 1. The van der Waals surface area contributed by atoms with Crippen molar-refractivity contribution in [1.82, 2.24) is 0 Å². The Morgan fingerprint density at radius 1 is 0.628 bits per heavy atom. The molecule has 0 spiro atoms. The van der Waals surface area contributed by atoms with E-state index in [9.17, 15) is 0 Å². The van der Waals surface area contributed by atoms with Crippen LogP contribution in [0, 0.1) is 0 Å². The fourth-order valence-electron chi connectivity index (χ4n) is 5.70. The first-order valence-electron chi connectivity index (χ1n) is 14.7. The molecule has 4 nitrogen and oxygen atoms in total. The Morgan fingerprint density at radius 3 is 1.58 bits per heavy atom. The van der Waals surface area contributed by atoms with Gasteiger partial charge in [0.2, 0.25) is 0 Å². The summed E-state index contributed by atoms with van der Waals surface area (Å²) in [6.07, 6.45) is 0.893. The fourth-order valence-corrected chi connectivity index (χ4v) is 8.93. The van der Waals surface area contributed by atoms with Crippen LogP contribution in [0.15, 0.2) is 142 Å². The van der Waals surface area contributed by atoms with Crippen molar-refractivity contribution in [2.45, 2.75) is 19.4 Å². The van der Waals surface area contributed by atoms with E-state index in [0.717, 1.165) is 39.1 Å². The highest BCUT2D eigenvalue weighted by Gasteiger charge is 2.24. The van der Waals surface area contributed by atoms with Crippen LogP contribution in [0.1, 0.15) is 13.3 Å². The molecular weight excluding hydrogens is 568 g/mol. The Bertz CT molecular complexity index is 1920. The van der Waals surface area contributed by atoms with Crippen molar-refractivity contribution in [3.63, 3.8) is 0 Å². The molecule has 1 atom stereocenters. The van der Waals surface area contributed by atoms with Gasteiger partial charge in [-0.2, -0.15) is 0 Å². The molecule has 0 aliphatic heterocycles. The average molecular weight is 602 g/mol. The predicted octanol–water partition coefficient (Wildman–Crippen LogP) is 10.0. The van der Waals surface area contributed by atoms with Crippen molar-refractivity contribution in [3.05, 3.63) is 133 Å².